The summed E-state index contributed by atoms with van der Waals surface area (Å²) in [5.41, 5.74) is 0.506. The Morgan fingerprint density at radius 1 is 0.923 bits per heavy atom. The number of halogens is 4. The smallest absolute Gasteiger partial charge is 0.291 e. The van der Waals surface area contributed by atoms with Crippen molar-refractivity contribution in [1.29, 1.82) is 0 Å². The van der Waals surface area contributed by atoms with E-state index in [2.05, 4.69) is 5.32 Å². The van der Waals surface area contributed by atoms with Crippen LogP contribution in [-0.4, -0.2) is 5.91 Å². The highest BCUT2D eigenvalue weighted by molar-refractivity contribution is 6.42. The number of carbonyl (C=O) groups is 1. The van der Waals surface area contributed by atoms with E-state index in [1.165, 1.54) is 0 Å². The fourth-order valence-electron chi connectivity index (χ4n) is 2.09. The van der Waals surface area contributed by atoms with Crippen molar-refractivity contribution in [3.63, 3.8) is 0 Å². The van der Waals surface area contributed by atoms with E-state index >= 15 is 0 Å². The topological polar surface area (TPSA) is 51.5 Å². The molecule has 1 N–H and O–H groups in total. The van der Waals surface area contributed by atoms with Gasteiger partial charge < -0.3 is 14.5 Å². The first-order valence-corrected chi connectivity index (χ1v) is 8.86. The molecule has 134 valence electrons. The number of anilines is 1. The molecule has 0 saturated carbocycles. The molecule has 0 fully saturated rings. The highest BCUT2D eigenvalue weighted by Gasteiger charge is 2.13. The zero-order chi connectivity index (χ0) is 18.7. The Labute approximate surface area is 169 Å². The molecule has 3 aromatic rings. The minimum absolute atomic E-state index is 0.113. The number of amides is 1. The number of nitrogens with one attached hydrogen (secondary N) is 1. The Hall–Kier alpha value is -1.85. The minimum atomic E-state index is -0.417. The van der Waals surface area contributed by atoms with Crippen LogP contribution in [0.5, 0.6) is 5.75 Å². The van der Waals surface area contributed by atoms with Crippen LogP contribution >= 0.6 is 46.4 Å². The lowest BCUT2D eigenvalue weighted by Crippen LogP contribution is -2.10. The van der Waals surface area contributed by atoms with Crippen LogP contribution in [0.1, 0.15) is 16.3 Å². The summed E-state index contributed by atoms with van der Waals surface area (Å²) in [6.45, 7) is 0.113. The van der Waals surface area contributed by atoms with Gasteiger partial charge in [-0.15, -0.1) is 0 Å². The van der Waals surface area contributed by atoms with Gasteiger partial charge in [-0.3, -0.25) is 4.79 Å². The number of hydrogen-bond acceptors (Lipinski definition) is 3. The zero-order valence-corrected chi connectivity index (χ0v) is 16.1. The average Bonchev–Trinajstić information content (AvgIpc) is 3.06. The van der Waals surface area contributed by atoms with Crippen LogP contribution in [0.2, 0.25) is 20.1 Å². The molecule has 0 aliphatic heterocycles. The molecule has 0 bridgehead atoms. The molecular formula is C18H11Cl4NO3. The van der Waals surface area contributed by atoms with Crippen molar-refractivity contribution < 1.29 is 13.9 Å². The SMILES string of the molecule is O=C(Nc1ccc(Cl)c(Cl)c1)c1ccc(COc2ccc(Cl)cc2Cl)o1. The first kappa shape index (κ1) is 18.9. The predicted octanol–water partition coefficient (Wildman–Crippen LogP) is 6.72. The first-order valence-electron chi connectivity index (χ1n) is 7.35. The lowest BCUT2D eigenvalue weighted by molar-refractivity contribution is 0.0992. The summed E-state index contributed by atoms with van der Waals surface area (Å²) in [6.07, 6.45) is 0. The lowest BCUT2D eigenvalue weighted by Gasteiger charge is -2.07. The Balaban J connectivity index is 1.63. The summed E-state index contributed by atoms with van der Waals surface area (Å²) in [6, 6.07) is 12.9. The van der Waals surface area contributed by atoms with E-state index in [1.54, 1.807) is 48.5 Å². The molecule has 4 nitrogen and oxygen atoms in total. The maximum atomic E-state index is 12.2. The second kappa shape index (κ2) is 8.23. The molecule has 1 aromatic heterocycles. The van der Waals surface area contributed by atoms with Crippen LogP contribution in [0.15, 0.2) is 52.9 Å². The van der Waals surface area contributed by atoms with Crippen molar-refractivity contribution in [3.05, 3.63) is 80.1 Å². The third-order valence-corrected chi connectivity index (χ3v) is 4.60. The molecular weight excluding hydrogens is 420 g/mol. The largest absolute Gasteiger partial charge is 0.484 e. The second-order valence-electron chi connectivity index (χ2n) is 5.21. The van der Waals surface area contributed by atoms with Crippen molar-refractivity contribution in [2.75, 3.05) is 5.32 Å². The quantitative estimate of drug-likeness (QED) is 0.488. The average molecular weight is 431 g/mol. The molecule has 1 amide bonds. The summed E-state index contributed by atoms with van der Waals surface area (Å²) in [5, 5.41) is 4.33. The van der Waals surface area contributed by atoms with Crippen molar-refractivity contribution >= 4 is 58.0 Å². The second-order valence-corrected chi connectivity index (χ2v) is 6.87. The van der Waals surface area contributed by atoms with Crippen LogP contribution in [0.4, 0.5) is 5.69 Å². The summed E-state index contributed by atoms with van der Waals surface area (Å²) in [7, 11) is 0. The van der Waals surface area contributed by atoms with E-state index in [1.807, 2.05) is 0 Å². The predicted molar refractivity (Wildman–Crippen MR) is 104 cm³/mol. The van der Waals surface area contributed by atoms with Gasteiger partial charge in [-0.2, -0.15) is 0 Å². The maximum absolute atomic E-state index is 12.2. The first-order chi connectivity index (χ1) is 12.4. The highest BCUT2D eigenvalue weighted by atomic mass is 35.5. The molecule has 3 rings (SSSR count). The molecule has 0 atom stereocenters. The Bertz CT molecular complexity index is 955. The van der Waals surface area contributed by atoms with Crippen molar-refractivity contribution in [2.45, 2.75) is 6.61 Å². The zero-order valence-electron chi connectivity index (χ0n) is 13.1. The van der Waals surface area contributed by atoms with Gasteiger partial charge in [0, 0.05) is 10.7 Å². The van der Waals surface area contributed by atoms with Gasteiger partial charge in [-0.1, -0.05) is 46.4 Å². The molecule has 0 spiro atoms. The molecule has 0 aliphatic rings. The molecule has 26 heavy (non-hydrogen) atoms. The molecule has 0 saturated heterocycles. The highest BCUT2D eigenvalue weighted by Crippen LogP contribution is 2.28. The Morgan fingerprint density at radius 2 is 1.73 bits per heavy atom. The Kier molecular flexibility index (Phi) is 5.99. The van der Waals surface area contributed by atoms with Gasteiger partial charge in [0.25, 0.3) is 5.91 Å². The standard InChI is InChI=1S/C18H11Cl4NO3/c19-10-1-5-16(15(22)7-10)25-9-12-3-6-17(26-12)18(24)23-11-2-4-13(20)14(21)8-11/h1-8H,9H2,(H,23,24). The summed E-state index contributed by atoms with van der Waals surface area (Å²) in [4.78, 5) is 12.2. The van der Waals surface area contributed by atoms with Gasteiger partial charge in [0.2, 0.25) is 0 Å². The van der Waals surface area contributed by atoms with E-state index in [-0.39, 0.29) is 12.4 Å². The summed E-state index contributed by atoms with van der Waals surface area (Å²) in [5.74, 6) is 0.653. The number of carbonyl (C=O) groups excluding carboxylic acids is 1. The van der Waals surface area contributed by atoms with E-state index < -0.39 is 5.91 Å². The molecule has 1 heterocycles. The minimum Gasteiger partial charge on any atom is -0.484 e. The van der Waals surface area contributed by atoms with Crippen LogP contribution in [0.3, 0.4) is 0 Å². The molecule has 0 radical (unpaired) electrons. The van der Waals surface area contributed by atoms with E-state index in [0.717, 1.165) is 0 Å². The van der Waals surface area contributed by atoms with Crippen molar-refractivity contribution in [2.24, 2.45) is 0 Å². The van der Waals surface area contributed by atoms with Gasteiger partial charge in [0.1, 0.15) is 18.1 Å². The van der Waals surface area contributed by atoms with Crippen LogP contribution < -0.4 is 10.1 Å². The van der Waals surface area contributed by atoms with Gasteiger partial charge in [-0.25, -0.2) is 0 Å². The van der Waals surface area contributed by atoms with Crippen molar-refractivity contribution in [1.82, 2.24) is 0 Å². The molecule has 8 heteroatoms. The molecule has 2 aromatic carbocycles. The normalized spacial score (nSPS) is 10.6. The summed E-state index contributed by atoms with van der Waals surface area (Å²) >= 11 is 23.7. The van der Waals surface area contributed by atoms with Crippen LogP contribution in [-0.2, 0) is 6.61 Å². The van der Waals surface area contributed by atoms with Gasteiger partial charge in [0.15, 0.2) is 5.76 Å². The van der Waals surface area contributed by atoms with Crippen molar-refractivity contribution in [3.8, 4) is 5.75 Å². The van der Waals surface area contributed by atoms with Gasteiger partial charge in [-0.05, 0) is 48.5 Å². The fourth-order valence-corrected chi connectivity index (χ4v) is 2.85. The molecule has 0 aliphatic carbocycles. The monoisotopic (exact) mass is 429 g/mol. The number of ether oxygens (including phenoxy) is 1. The van der Waals surface area contributed by atoms with E-state index in [0.29, 0.717) is 37.3 Å². The van der Waals surface area contributed by atoms with Gasteiger partial charge in [0.05, 0.1) is 15.1 Å². The summed E-state index contributed by atoms with van der Waals surface area (Å²) < 4.78 is 11.1. The number of rotatable bonds is 5. The van der Waals surface area contributed by atoms with E-state index in [9.17, 15) is 4.79 Å². The maximum Gasteiger partial charge on any atom is 0.291 e. The van der Waals surface area contributed by atoms with Gasteiger partial charge >= 0.3 is 0 Å². The third-order valence-electron chi connectivity index (χ3n) is 3.33. The van der Waals surface area contributed by atoms with Crippen LogP contribution in [0.25, 0.3) is 0 Å². The number of benzene rings is 2. The third kappa shape index (κ3) is 4.65. The Morgan fingerprint density at radius 3 is 2.46 bits per heavy atom. The molecule has 0 unspecified atom stereocenters. The lowest BCUT2D eigenvalue weighted by atomic mass is 10.3. The van der Waals surface area contributed by atoms with Crippen LogP contribution in [0, 0.1) is 0 Å². The number of furan rings is 1. The number of hydrogen-bond donors (Lipinski definition) is 1. The fraction of sp³-hybridized carbons (Fsp3) is 0.0556. The van der Waals surface area contributed by atoms with E-state index in [4.69, 9.17) is 55.6 Å².